The molecule has 0 fully saturated rings. The van der Waals surface area contributed by atoms with Gasteiger partial charge in [-0.3, -0.25) is 4.79 Å². The summed E-state index contributed by atoms with van der Waals surface area (Å²) in [5.74, 6) is -0.357. The van der Waals surface area contributed by atoms with E-state index in [4.69, 9.17) is 14.2 Å². The zero-order valence-corrected chi connectivity index (χ0v) is 16.2. The molecular weight excluding hydrogens is 334 g/mol. The highest BCUT2D eigenvalue weighted by molar-refractivity contribution is 6.18. The van der Waals surface area contributed by atoms with Crippen LogP contribution >= 0.6 is 0 Å². The number of benzene rings is 1. The molecule has 0 radical (unpaired) electrons. The number of nitrogens with zero attached hydrogens (tertiary/aromatic N) is 1. The second-order valence-corrected chi connectivity index (χ2v) is 6.86. The Bertz CT molecular complexity index is 693. The normalized spacial score (nSPS) is 19.9. The van der Waals surface area contributed by atoms with Gasteiger partial charge in [0.15, 0.2) is 5.72 Å². The number of carbonyl (C=O) groups excluding carboxylic acids is 2. The molecule has 0 aliphatic carbocycles. The Labute approximate surface area is 154 Å². The molecule has 0 bridgehead atoms. The third-order valence-corrected chi connectivity index (χ3v) is 4.41. The smallest absolute Gasteiger partial charge is 0.343 e. The van der Waals surface area contributed by atoms with Gasteiger partial charge >= 0.3 is 5.97 Å². The van der Waals surface area contributed by atoms with Gasteiger partial charge in [0.2, 0.25) is 0 Å². The van der Waals surface area contributed by atoms with Crippen LogP contribution in [0.25, 0.3) is 0 Å². The Hall–Kier alpha value is -2.34. The molecule has 1 amide bonds. The highest BCUT2D eigenvalue weighted by Gasteiger charge is 2.50. The van der Waals surface area contributed by atoms with Gasteiger partial charge in [-0.2, -0.15) is 0 Å². The summed E-state index contributed by atoms with van der Waals surface area (Å²) in [5.41, 5.74) is -0.0827. The minimum atomic E-state index is -1.01. The summed E-state index contributed by atoms with van der Waals surface area (Å²) in [6, 6.07) is 7.46. The van der Waals surface area contributed by atoms with Crippen LogP contribution in [0.1, 0.15) is 33.3 Å². The topological polar surface area (TPSA) is 65.1 Å². The Morgan fingerprint density at radius 2 is 1.73 bits per heavy atom. The zero-order chi connectivity index (χ0) is 19.5. The predicted octanol–water partition coefficient (Wildman–Crippen LogP) is 2.91. The van der Waals surface area contributed by atoms with E-state index in [2.05, 4.69) is 0 Å². The molecule has 0 aromatic heterocycles. The molecule has 2 rings (SSSR count). The van der Waals surface area contributed by atoms with Crippen molar-refractivity contribution < 1.29 is 23.8 Å². The summed E-state index contributed by atoms with van der Waals surface area (Å²) < 4.78 is 16.1. The van der Waals surface area contributed by atoms with Crippen molar-refractivity contribution in [1.29, 1.82) is 0 Å². The molecule has 1 aliphatic rings. The third-order valence-electron chi connectivity index (χ3n) is 4.41. The fourth-order valence-corrected chi connectivity index (χ4v) is 3.11. The Morgan fingerprint density at radius 1 is 1.12 bits per heavy atom. The van der Waals surface area contributed by atoms with Crippen LogP contribution in [0.3, 0.4) is 0 Å². The van der Waals surface area contributed by atoms with Gasteiger partial charge in [0, 0.05) is 12.5 Å². The van der Waals surface area contributed by atoms with Crippen LogP contribution < -0.4 is 4.74 Å². The van der Waals surface area contributed by atoms with Crippen molar-refractivity contribution >= 4 is 11.9 Å². The van der Waals surface area contributed by atoms with Gasteiger partial charge in [-0.25, -0.2) is 4.79 Å². The maximum atomic E-state index is 13.0. The van der Waals surface area contributed by atoms with Crippen LogP contribution in [-0.2, 0) is 25.6 Å². The van der Waals surface area contributed by atoms with Gasteiger partial charge in [0.05, 0.1) is 20.3 Å². The molecular formula is C20H27NO5. The number of hydrogen-bond donors (Lipinski definition) is 0. The fourth-order valence-electron chi connectivity index (χ4n) is 3.11. The molecule has 6 nitrogen and oxygen atoms in total. The van der Waals surface area contributed by atoms with Gasteiger partial charge in [0.25, 0.3) is 5.91 Å². The second kappa shape index (κ2) is 7.91. The summed E-state index contributed by atoms with van der Waals surface area (Å²) in [7, 11) is 2.87. The first-order valence-electron chi connectivity index (χ1n) is 8.69. The first kappa shape index (κ1) is 20.0. The molecule has 1 unspecified atom stereocenters. The van der Waals surface area contributed by atoms with Gasteiger partial charge in [0.1, 0.15) is 11.3 Å². The number of carbonyl (C=O) groups is 2. The van der Waals surface area contributed by atoms with E-state index in [9.17, 15) is 9.59 Å². The summed E-state index contributed by atoms with van der Waals surface area (Å²) in [4.78, 5) is 26.7. The first-order valence-corrected chi connectivity index (χ1v) is 8.69. The number of ether oxygens (including phenoxy) is 3. The van der Waals surface area contributed by atoms with Gasteiger partial charge in [-0.15, -0.1) is 0 Å². The lowest BCUT2D eigenvalue weighted by Crippen LogP contribution is -2.53. The Morgan fingerprint density at radius 3 is 2.19 bits per heavy atom. The largest absolute Gasteiger partial charge is 0.497 e. The van der Waals surface area contributed by atoms with E-state index < -0.39 is 11.7 Å². The molecule has 6 heteroatoms. The van der Waals surface area contributed by atoms with Crippen LogP contribution in [0, 0.1) is 5.92 Å². The highest BCUT2D eigenvalue weighted by Crippen LogP contribution is 2.38. The van der Waals surface area contributed by atoms with E-state index in [1.54, 1.807) is 18.1 Å². The van der Waals surface area contributed by atoms with Crippen LogP contribution in [0.2, 0.25) is 0 Å². The minimum absolute atomic E-state index is 0.00959. The first-order chi connectivity index (χ1) is 12.2. The second-order valence-electron chi connectivity index (χ2n) is 6.86. The van der Waals surface area contributed by atoms with Crippen LogP contribution in [-0.4, -0.2) is 42.8 Å². The van der Waals surface area contributed by atoms with E-state index in [-0.39, 0.29) is 23.5 Å². The lowest BCUT2D eigenvalue weighted by molar-refractivity contribution is -0.178. The number of methoxy groups -OCH3 is 2. The van der Waals surface area contributed by atoms with Gasteiger partial charge < -0.3 is 19.1 Å². The Kier molecular flexibility index (Phi) is 6.08. The van der Waals surface area contributed by atoms with Crippen molar-refractivity contribution in [2.45, 2.75) is 46.1 Å². The van der Waals surface area contributed by atoms with E-state index in [1.165, 1.54) is 7.11 Å². The number of esters is 1. The molecule has 1 atom stereocenters. The van der Waals surface area contributed by atoms with Crippen molar-refractivity contribution in [3.63, 3.8) is 0 Å². The lowest BCUT2D eigenvalue weighted by atomic mass is 9.97. The molecule has 0 N–H and O–H groups in total. The molecule has 1 aromatic carbocycles. The standard InChI is InChI=1S/C20H27NO5/c1-13(2)20(26-14(3)4)11-17(19(23)25-6)18(22)21(20)12-15-7-9-16(24-5)10-8-15/h7-11,13-14H,12H2,1-6H3. The van der Waals surface area contributed by atoms with E-state index in [0.717, 1.165) is 11.3 Å². The minimum Gasteiger partial charge on any atom is -0.497 e. The average Bonchev–Trinajstić information content (AvgIpc) is 2.88. The molecule has 0 spiro atoms. The maximum absolute atomic E-state index is 13.0. The Balaban J connectivity index is 2.44. The van der Waals surface area contributed by atoms with Gasteiger partial charge in [-0.1, -0.05) is 26.0 Å². The molecule has 1 aromatic rings. The van der Waals surface area contributed by atoms with Crippen molar-refractivity contribution in [3.05, 3.63) is 41.5 Å². The van der Waals surface area contributed by atoms with Crippen molar-refractivity contribution in [2.24, 2.45) is 5.92 Å². The average molecular weight is 361 g/mol. The molecule has 1 heterocycles. The molecule has 0 saturated heterocycles. The molecule has 26 heavy (non-hydrogen) atoms. The van der Waals surface area contributed by atoms with Crippen LogP contribution in [0.4, 0.5) is 0 Å². The summed E-state index contributed by atoms with van der Waals surface area (Å²) in [5, 5.41) is 0. The van der Waals surface area contributed by atoms with Crippen LogP contribution in [0.15, 0.2) is 35.9 Å². The monoisotopic (exact) mass is 361 g/mol. The van der Waals surface area contributed by atoms with E-state index in [1.807, 2.05) is 52.0 Å². The van der Waals surface area contributed by atoms with Gasteiger partial charge in [-0.05, 0) is 37.6 Å². The number of amides is 1. The molecule has 142 valence electrons. The SMILES string of the molecule is COC(=O)C1=CC(OC(C)C)(C(C)C)N(Cc2ccc(OC)cc2)C1=O. The highest BCUT2D eigenvalue weighted by atomic mass is 16.5. The fraction of sp³-hybridized carbons (Fsp3) is 0.500. The van der Waals surface area contributed by atoms with Crippen molar-refractivity contribution in [3.8, 4) is 5.75 Å². The quantitative estimate of drug-likeness (QED) is 0.552. The van der Waals surface area contributed by atoms with E-state index >= 15 is 0 Å². The lowest BCUT2D eigenvalue weighted by Gasteiger charge is -2.42. The molecule has 0 saturated carbocycles. The maximum Gasteiger partial charge on any atom is 0.343 e. The number of hydrogen-bond acceptors (Lipinski definition) is 5. The summed E-state index contributed by atoms with van der Waals surface area (Å²) in [6.45, 7) is 8.06. The summed E-state index contributed by atoms with van der Waals surface area (Å²) in [6.07, 6.45) is 1.48. The van der Waals surface area contributed by atoms with Crippen molar-refractivity contribution in [2.75, 3.05) is 14.2 Å². The van der Waals surface area contributed by atoms with Crippen molar-refractivity contribution in [1.82, 2.24) is 4.90 Å². The van der Waals surface area contributed by atoms with Crippen LogP contribution in [0.5, 0.6) is 5.75 Å². The third kappa shape index (κ3) is 3.75. The zero-order valence-electron chi connectivity index (χ0n) is 16.2. The summed E-state index contributed by atoms with van der Waals surface area (Å²) >= 11 is 0. The van der Waals surface area contributed by atoms with E-state index in [0.29, 0.717) is 6.54 Å². The molecule has 1 aliphatic heterocycles. The number of rotatable bonds is 7. The predicted molar refractivity (Wildman–Crippen MR) is 97.4 cm³/mol.